The van der Waals surface area contributed by atoms with Crippen molar-refractivity contribution in [2.24, 2.45) is 5.92 Å². The van der Waals surface area contributed by atoms with Gasteiger partial charge in [0.15, 0.2) is 0 Å². The Bertz CT molecular complexity index is 780. The van der Waals surface area contributed by atoms with E-state index in [1.807, 2.05) is 19.1 Å². The number of benzene rings is 2. The average molecular weight is 350 g/mol. The molecule has 0 aliphatic heterocycles. The van der Waals surface area contributed by atoms with E-state index in [4.69, 9.17) is 11.6 Å². The molecule has 2 nitrogen and oxygen atoms in total. The van der Waals surface area contributed by atoms with E-state index in [2.05, 4.69) is 5.32 Å². The molecule has 1 fully saturated rings. The van der Waals surface area contributed by atoms with Gasteiger partial charge in [-0.25, -0.2) is 8.78 Å². The standard InChI is InChI=1S/C19H18ClF2NO/c1-12-10-19(12,15-7-6-14(21)9-17(15)22)11-23-18(24)8-13-4-2-3-5-16(13)20/h2-7,9,12H,8,10-11H2,1H3,(H,23,24). The summed E-state index contributed by atoms with van der Waals surface area (Å²) in [7, 11) is 0. The molecule has 1 amide bonds. The molecule has 2 unspecified atom stereocenters. The molecule has 0 bridgehead atoms. The van der Waals surface area contributed by atoms with E-state index in [0.29, 0.717) is 17.1 Å². The van der Waals surface area contributed by atoms with Crippen molar-refractivity contribution in [3.05, 3.63) is 70.2 Å². The Kier molecular flexibility index (Phi) is 4.59. The summed E-state index contributed by atoms with van der Waals surface area (Å²) in [5, 5.41) is 3.42. The number of rotatable bonds is 5. The van der Waals surface area contributed by atoms with Gasteiger partial charge in [-0.3, -0.25) is 4.79 Å². The third kappa shape index (κ3) is 3.29. The zero-order chi connectivity index (χ0) is 17.3. The highest BCUT2D eigenvalue weighted by Crippen LogP contribution is 2.54. The van der Waals surface area contributed by atoms with Crippen molar-refractivity contribution in [1.82, 2.24) is 5.32 Å². The zero-order valence-electron chi connectivity index (χ0n) is 13.3. The first-order valence-electron chi connectivity index (χ1n) is 7.88. The van der Waals surface area contributed by atoms with Crippen LogP contribution in [0.2, 0.25) is 5.02 Å². The fourth-order valence-corrected chi connectivity index (χ4v) is 3.43. The molecule has 2 atom stereocenters. The van der Waals surface area contributed by atoms with Crippen LogP contribution < -0.4 is 5.32 Å². The van der Waals surface area contributed by atoms with Crippen LogP contribution >= 0.6 is 11.6 Å². The van der Waals surface area contributed by atoms with Gasteiger partial charge < -0.3 is 5.32 Å². The molecular formula is C19H18ClF2NO. The summed E-state index contributed by atoms with van der Waals surface area (Å²) in [5.74, 6) is -1.08. The van der Waals surface area contributed by atoms with Crippen molar-refractivity contribution in [2.75, 3.05) is 6.54 Å². The average Bonchev–Trinajstić information content (AvgIpc) is 3.18. The third-order valence-electron chi connectivity index (χ3n) is 4.83. The number of carbonyl (C=O) groups excluding carboxylic acids is 1. The van der Waals surface area contributed by atoms with Crippen molar-refractivity contribution in [2.45, 2.75) is 25.2 Å². The number of amides is 1. The van der Waals surface area contributed by atoms with Crippen LogP contribution in [0.4, 0.5) is 8.78 Å². The van der Waals surface area contributed by atoms with Crippen LogP contribution in [-0.2, 0) is 16.6 Å². The lowest BCUT2D eigenvalue weighted by Crippen LogP contribution is -2.34. The topological polar surface area (TPSA) is 29.1 Å². The highest BCUT2D eigenvalue weighted by Gasteiger charge is 2.53. The minimum Gasteiger partial charge on any atom is -0.355 e. The van der Waals surface area contributed by atoms with Crippen molar-refractivity contribution in [3.8, 4) is 0 Å². The molecule has 5 heteroatoms. The van der Waals surface area contributed by atoms with Crippen LogP contribution in [-0.4, -0.2) is 12.5 Å². The highest BCUT2D eigenvalue weighted by atomic mass is 35.5. The molecule has 1 saturated carbocycles. The molecule has 2 aromatic rings. The smallest absolute Gasteiger partial charge is 0.224 e. The predicted molar refractivity (Wildman–Crippen MR) is 90.0 cm³/mol. The summed E-state index contributed by atoms with van der Waals surface area (Å²) < 4.78 is 27.2. The van der Waals surface area contributed by atoms with Crippen LogP contribution in [0, 0.1) is 17.6 Å². The largest absolute Gasteiger partial charge is 0.355 e. The van der Waals surface area contributed by atoms with E-state index < -0.39 is 17.0 Å². The fourth-order valence-electron chi connectivity index (χ4n) is 3.23. The van der Waals surface area contributed by atoms with Crippen LogP contribution in [0.25, 0.3) is 0 Å². The first kappa shape index (κ1) is 16.9. The predicted octanol–water partition coefficient (Wildman–Crippen LogP) is 4.25. The Labute approximate surface area is 144 Å². The maximum Gasteiger partial charge on any atom is 0.224 e. The summed E-state index contributed by atoms with van der Waals surface area (Å²) in [6.07, 6.45) is 0.942. The normalized spacial score (nSPS) is 22.2. The van der Waals surface area contributed by atoms with Gasteiger partial charge in [-0.15, -0.1) is 0 Å². The Morgan fingerprint density at radius 1 is 1.29 bits per heavy atom. The quantitative estimate of drug-likeness (QED) is 0.858. The second kappa shape index (κ2) is 6.52. The van der Waals surface area contributed by atoms with Gasteiger partial charge >= 0.3 is 0 Å². The first-order chi connectivity index (χ1) is 11.4. The second-order valence-corrected chi connectivity index (χ2v) is 6.84. The summed E-state index contributed by atoms with van der Waals surface area (Å²) in [6, 6.07) is 10.8. The van der Waals surface area contributed by atoms with Crippen molar-refractivity contribution in [3.63, 3.8) is 0 Å². The Morgan fingerprint density at radius 2 is 2.00 bits per heavy atom. The molecule has 0 spiro atoms. The third-order valence-corrected chi connectivity index (χ3v) is 5.20. The SMILES string of the molecule is CC1CC1(CNC(=O)Cc1ccccc1Cl)c1ccc(F)cc1F. The molecule has 2 aromatic carbocycles. The lowest BCUT2D eigenvalue weighted by atomic mass is 9.92. The molecule has 1 aliphatic rings. The summed E-state index contributed by atoms with van der Waals surface area (Å²) >= 11 is 6.06. The number of nitrogens with one attached hydrogen (secondary N) is 1. The first-order valence-corrected chi connectivity index (χ1v) is 8.26. The minimum atomic E-state index is -0.595. The number of halogens is 3. The monoisotopic (exact) mass is 349 g/mol. The van der Waals surface area contributed by atoms with Gasteiger partial charge in [0.25, 0.3) is 0 Å². The van der Waals surface area contributed by atoms with Gasteiger partial charge in [-0.1, -0.05) is 42.8 Å². The van der Waals surface area contributed by atoms with Gasteiger partial charge in [0.1, 0.15) is 11.6 Å². The van der Waals surface area contributed by atoms with Crippen molar-refractivity contribution >= 4 is 17.5 Å². The minimum absolute atomic E-state index is 0.163. The van der Waals surface area contributed by atoms with Gasteiger partial charge in [-0.2, -0.15) is 0 Å². The van der Waals surface area contributed by atoms with E-state index in [9.17, 15) is 13.6 Å². The fraction of sp³-hybridized carbons (Fsp3) is 0.316. The summed E-state index contributed by atoms with van der Waals surface area (Å²) in [4.78, 5) is 12.2. The van der Waals surface area contributed by atoms with Crippen LogP contribution in [0.1, 0.15) is 24.5 Å². The number of carbonyl (C=O) groups is 1. The number of hydrogen-bond acceptors (Lipinski definition) is 1. The van der Waals surface area contributed by atoms with Crippen LogP contribution in [0.5, 0.6) is 0 Å². The lowest BCUT2D eigenvalue weighted by Gasteiger charge is -2.19. The molecule has 24 heavy (non-hydrogen) atoms. The van der Waals surface area contributed by atoms with E-state index in [1.54, 1.807) is 12.1 Å². The zero-order valence-corrected chi connectivity index (χ0v) is 14.0. The van der Waals surface area contributed by atoms with E-state index in [-0.39, 0.29) is 18.2 Å². The van der Waals surface area contributed by atoms with Crippen LogP contribution in [0.3, 0.4) is 0 Å². The molecular weight excluding hydrogens is 332 g/mol. The second-order valence-electron chi connectivity index (χ2n) is 6.43. The highest BCUT2D eigenvalue weighted by molar-refractivity contribution is 6.31. The van der Waals surface area contributed by atoms with Gasteiger partial charge in [-0.05, 0) is 35.6 Å². The van der Waals surface area contributed by atoms with Crippen LogP contribution in [0.15, 0.2) is 42.5 Å². The molecule has 0 saturated heterocycles. The van der Waals surface area contributed by atoms with E-state index in [0.717, 1.165) is 18.1 Å². The van der Waals surface area contributed by atoms with Gasteiger partial charge in [0.05, 0.1) is 6.42 Å². The molecule has 0 aromatic heterocycles. The maximum absolute atomic E-state index is 14.1. The number of hydrogen-bond donors (Lipinski definition) is 1. The summed E-state index contributed by atoms with van der Waals surface area (Å²) in [6.45, 7) is 2.34. The molecule has 126 valence electrons. The van der Waals surface area contributed by atoms with E-state index in [1.165, 1.54) is 12.1 Å². The van der Waals surface area contributed by atoms with Gasteiger partial charge in [0, 0.05) is 23.0 Å². The molecule has 1 aliphatic carbocycles. The Hall–Kier alpha value is -1.94. The molecule has 0 heterocycles. The van der Waals surface area contributed by atoms with Crippen molar-refractivity contribution < 1.29 is 13.6 Å². The Balaban J connectivity index is 1.68. The molecule has 0 radical (unpaired) electrons. The molecule has 1 N–H and O–H groups in total. The molecule has 3 rings (SSSR count). The van der Waals surface area contributed by atoms with E-state index >= 15 is 0 Å². The Morgan fingerprint density at radius 3 is 2.62 bits per heavy atom. The van der Waals surface area contributed by atoms with Gasteiger partial charge in [0.2, 0.25) is 5.91 Å². The maximum atomic E-state index is 14.1. The lowest BCUT2D eigenvalue weighted by molar-refractivity contribution is -0.120. The van der Waals surface area contributed by atoms with Crippen molar-refractivity contribution in [1.29, 1.82) is 0 Å². The summed E-state index contributed by atoms with van der Waals surface area (Å²) in [5.41, 5.74) is 0.769.